The number of anilines is 1. The highest BCUT2D eigenvalue weighted by Crippen LogP contribution is 2.22. The molecule has 1 saturated heterocycles. The van der Waals surface area contributed by atoms with Crippen molar-refractivity contribution in [3.63, 3.8) is 0 Å². The van der Waals surface area contributed by atoms with Crippen LogP contribution in [0.4, 0.5) is 5.69 Å². The molecule has 2 aromatic rings. The minimum atomic E-state index is -3.00. The van der Waals surface area contributed by atoms with E-state index in [2.05, 4.69) is 36.3 Å². The third-order valence-corrected chi connectivity index (χ3v) is 6.90. The molecule has 1 aromatic heterocycles. The van der Waals surface area contributed by atoms with Crippen LogP contribution in [0.25, 0.3) is 0 Å². The number of pyridine rings is 1. The van der Waals surface area contributed by atoms with Crippen molar-refractivity contribution in [2.75, 3.05) is 16.8 Å². The molecule has 0 spiro atoms. The molecule has 0 bridgehead atoms. The quantitative estimate of drug-likeness (QED) is 0.770. The molecule has 0 saturated carbocycles. The lowest BCUT2D eigenvalue weighted by molar-refractivity contribution is 0.332. The molecule has 1 fully saturated rings. The van der Waals surface area contributed by atoms with Gasteiger partial charge < -0.3 is 10.2 Å². The zero-order valence-corrected chi connectivity index (χ0v) is 17.3. The Morgan fingerprint density at radius 1 is 1.30 bits per heavy atom. The SMILES string of the molecule is CC(C)c1ccc(NC(=S)N(Cc2cccnc2)[C@H]2CCS(=O)(=O)C2)cc1. The number of benzene rings is 1. The molecule has 0 radical (unpaired) electrons. The Labute approximate surface area is 166 Å². The molecular weight excluding hydrogens is 378 g/mol. The largest absolute Gasteiger partial charge is 0.341 e. The fourth-order valence-corrected chi connectivity index (χ4v) is 5.29. The lowest BCUT2D eigenvalue weighted by Gasteiger charge is -2.31. The Hall–Kier alpha value is -1.99. The van der Waals surface area contributed by atoms with Crippen LogP contribution < -0.4 is 5.32 Å². The van der Waals surface area contributed by atoms with E-state index in [1.165, 1.54) is 5.56 Å². The molecule has 144 valence electrons. The predicted molar refractivity (Wildman–Crippen MR) is 114 cm³/mol. The fourth-order valence-electron chi connectivity index (χ4n) is 3.22. The van der Waals surface area contributed by atoms with Gasteiger partial charge in [-0.15, -0.1) is 0 Å². The number of aromatic nitrogens is 1. The van der Waals surface area contributed by atoms with Crippen LogP contribution in [0.3, 0.4) is 0 Å². The molecule has 0 unspecified atom stereocenters. The van der Waals surface area contributed by atoms with Crippen LogP contribution in [0.2, 0.25) is 0 Å². The monoisotopic (exact) mass is 403 g/mol. The van der Waals surface area contributed by atoms with E-state index in [1.54, 1.807) is 12.4 Å². The second-order valence-corrected chi connectivity index (χ2v) is 9.87. The number of nitrogens with zero attached hydrogens (tertiary/aromatic N) is 2. The second-order valence-electron chi connectivity index (χ2n) is 7.25. The van der Waals surface area contributed by atoms with E-state index in [1.807, 2.05) is 29.2 Å². The number of nitrogens with one attached hydrogen (secondary N) is 1. The minimum Gasteiger partial charge on any atom is -0.341 e. The highest BCUT2D eigenvalue weighted by atomic mass is 32.2. The van der Waals surface area contributed by atoms with E-state index < -0.39 is 9.84 Å². The van der Waals surface area contributed by atoms with Gasteiger partial charge in [-0.2, -0.15) is 0 Å². The first-order valence-electron chi connectivity index (χ1n) is 9.11. The van der Waals surface area contributed by atoms with Crippen LogP contribution in [0, 0.1) is 0 Å². The minimum absolute atomic E-state index is 0.120. The van der Waals surface area contributed by atoms with Gasteiger partial charge in [-0.25, -0.2) is 8.42 Å². The van der Waals surface area contributed by atoms with Crippen molar-refractivity contribution in [3.05, 3.63) is 59.9 Å². The van der Waals surface area contributed by atoms with Crippen LogP contribution in [-0.2, 0) is 16.4 Å². The molecular formula is C20H25N3O2S2. The Morgan fingerprint density at radius 3 is 2.59 bits per heavy atom. The third kappa shape index (κ3) is 5.26. The summed E-state index contributed by atoms with van der Waals surface area (Å²) in [5.74, 6) is 0.825. The Morgan fingerprint density at radius 2 is 2.04 bits per heavy atom. The molecule has 3 rings (SSSR count). The van der Waals surface area contributed by atoms with Gasteiger partial charge in [-0.05, 0) is 53.9 Å². The maximum atomic E-state index is 12.0. The van der Waals surface area contributed by atoms with Gasteiger partial charge in [-0.1, -0.05) is 32.0 Å². The lowest BCUT2D eigenvalue weighted by Crippen LogP contribution is -2.43. The van der Waals surface area contributed by atoms with E-state index in [-0.39, 0.29) is 17.5 Å². The maximum Gasteiger partial charge on any atom is 0.174 e. The van der Waals surface area contributed by atoms with E-state index in [9.17, 15) is 8.42 Å². The number of hydrogen-bond acceptors (Lipinski definition) is 4. The molecule has 5 nitrogen and oxygen atoms in total. The molecule has 1 aliphatic heterocycles. The molecule has 1 aromatic carbocycles. The van der Waals surface area contributed by atoms with Crippen molar-refractivity contribution in [1.82, 2.24) is 9.88 Å². The van der Waals surface area contributed by atoms with Gasteiger partial charge >= 0.3 is 0 Å². The van der Waals surface area contributed by atoms with Crippen molar-refractivity contribution >= 4 is 32.9 Å². The lowest BCUT2D eigenvalue weighted by atomic mass is 10.0. The molecule has 1 aliphatic rings. The number of hydrogen-bond donors (Lipinski definition) is 1. The van der Waals surface area contributed by atoms with Crippen molar-refractivity contribution in [1.29, 1.82) is 0 Å². The first-order chi connectivity index (χ1) is 12.8. The van der Waals surface area contributed by atoms with Crippen LogP contribution in [0.1, 0.15) is 37.3 Å². The molecule has 2 heterocycles. The summed E-state index contributed by atoms with van der Waals surface area (Å²) in [4.78, 5) is 6.13. The van der Waals surface area contributed by atoms with Gasteiger partial charge in [0.05, 0.1) is 11.5 Å². The number of thiocarbonyl (C=S) groups is 1. The highest BCUT2D eigenvalue weighted by Gasteiger charge is 2.33. The Balaban J connectivity index is 1.77. The number of rotatable bonds is 5. The summed E-state index contributed by atoms with van der Waals surface area (Å²) < 4.78 is 24.0. The summed E-state index contributed by atoms with van der Waals surface area (Å²) in [6.07, 6.45) is 4.11. The molecule has 1 N–H and O–H groups in total. The molecule has 27 heavy (non-hydrogen) atoms. The average Bonchev–Trinajstić information content (AvgIpc) is 3.00. The summed E-state index contributed by atoms with van der Waals surface area (Å²) in [5, 5.41) is 3.81. The summed E-state index contributed by atoms with van der Waals surface area (Å²) in [6, 6.07) is 11.9. The molecule has 7 heteroatoms. The van der Waals surface area contributed by atoms with Gasteiger partial charge in [-0.3, -0.25) is 4.98 Å². The van der Waals surface area contributed by atoms with Gasteiger partial charge in [0.1, 0.15) is 0 Å². The number of sulfone groups is 1. The first-order valence-corrected chi connectivity index (χ1v) is 11.3. The summed E-state index contributed by atoms with van der Waals surface area (Å²) in [7, 11) is -3.00. The normalized spacial score (nSPS) is 18.4. The second kappa shape index (κ2) is 8.35. The van der Waals surface area contributed by atoms with Gasteiger partial charge in [0.2, 0.25) is 0 Å². The fraction of sp³-hybridized carbons (Fsp3) is 0.400. The van der Waals surface area contributed by atoms with E-state index in [0.29, 0.717) is 24.0 Å². The Kier molecular flexibility index (Phi) is 6.11. The van der Waals surface area contributed by atoms with Crippen LogP contribution in [0.15, 0.2) is 48.8 Å². The van der Waals surface area contributed by atoms with E-state index in [0.717, 1.165) is 11.3 Å². The van der Waals surface area contributed by atoms with E-state index >= 15 is 0 Å². The summed E-state index contributed by atoms with van der Waals surface area (Å²) in [6.45, 7) is 4.84. The van der Waals surface area contributed by atoms with Crippen LogP contribution in [-0.4, -0.2) is 41.0 Å². The zero-order chi connectivity index (χ0) is 19.4. The average molecular weight is 404 g/mol. The van der Waals surface area contributed by atoms with Gasteiger partial charge in [0.25, 0.3) is 0 Å². The van der Waals surface area contributed by atoms with Crippen LogP contribution in [0.5, 0.6) is 0 Å². The van der Waals surface area contributed by atoms with Crippen LogP contribution >= 0.6 is 12.2 Å². The van der Waals surface area contributed by atoms with Gasteiger partial charge in [0.15, 0.2) is 14.9 Å². The smallest absolute Gasteiger partial charge is 0.174 e. The summed E-state index contributed by atoms with van der Waals surface area (Å²) >= 11 is 5.65. The first kappa shape index (κ1) is 19.8. The predicted octanol–water partition coefficient (Wildman–Crippen LogP) is 3.59. The maximum absolute atomic E-state index is 12.0. The van der Waals surface area contributed by atoms with E-state index in [4.69, 9.17) is 12.2 Å². The van der Waals surface area contributed by atoms with Crippen molar-refractivity contribution in [2.24, 2.45) is 0 Å². The standard InChI is InChI=1S/C20H25N3O2S2/c1-15(2)17-5-7-18(8-6-17)22-20(26)23(13-16-4-3-10-21-12-16)19-9-11-27(24,25)14-19/h3-8,10,12,15,19H,9,11,13-14H2,1-2H3,(H,22,26)/t19-/m0/s1. The molecule has 0 aliphatic carbocycles. The third-order valence-electron chi connectivity index (χ3n) is 4.81. The van der Waals surface area contributed by atoms with Crippen molar-refractivity contribution in [3.8, 4) is 0 Å². The highest BCUT2D eigenvalue weighted by molar-refractivity contribution is 7.91. The molecule has 0 amide bonds. The van der Waals surface area contributed by atoms with Crippen molar-refractivity contribution in [2.45, 2.75) is 38.8 Å². The zero-order valence-electron chi connectivity index (χ0n) is 15.6. The topological polar surface area (TPSA) is 62.3 Å². The summed E-state index contributed by atoms with van der Waals surface area (Å²) in [5.41, 5.74) is 3.17. The Bertz CT molecular complexity index is 881. The van der Waals surface area contributed by atoms with Gasteiger partial charge in [0, 0.05) is 30.7 Å². The molecule has 1 atom stereocenters. The van der Waals surface area contributed by atoms with Crippen molar-refractivity contribution < 1.29 is 8.42 Å².